The Hall–Kier alpha value is -1.19. The van der Waals surface area contributed by atoms with E-state index in [-0.39, 0.29) is 18.3 Å². The van der Waals surface area contributed by atoms with Crippen LogP contribution in [0.15, 0.2) is 23.4 Å². The minimum Gasteiger partial charge on any atom is -0.383 e. The Morgan fingerprint density at radius 3 is 2.38 bits per heavy atom. The van der Waals surface area contributed by atoms with E-state index < -0.39 is 10.0 Å². The van der Waals surface area contributed by atoms with Gasteiger partial charge in [-0.1, -0.05) is 23.2 Å². The molecule has 0 saturated heterocycles. The fraction of sp³-hybridized carbons (Fsp3) is 0.273. The van der Waals surface area contributed by atoms with Crippen LogP contribution in [0.25, 0.3) is 11.4 Å². The van der Waals surface area contributed by atoms with Gasteiger partial charge in [0.05, 0.1) is 13.2 Å². The summed E-state index contributed by atoms with van der Waals surface area (Å²) >= 11 is 11.9. The van der Waals surface area contributed by atoms with E-state index in [0.717, 1.165) is 0 Å². The number of rotatable bonds is 5. The first-order valence-electron chi connectivity index (χ1n) is 5.74. The van der Waals surface area contributed by atoms with Crippen molar-refractivity contribution >= 4 is 33.2 Å². The number of aromatic nitrogens is 3. The Morgan fingerprint density at radius 1 is 1.24 bits per heavy atom. The molecule has 0 atom stereocenters. The fourth-order valence-corrected chi connectivity index (χ4v) is 2.95. The van der Waals surface area contributed by atoms with Crippen molar-refractivity contribution in [3.8, 4) is 11.4 Å². The third-order valence-electron chi connectivity index (χ3n) is 2.61. The standard InChI is InChI=1S/C11H12Cl2N4O3S/c1-20-3-2-17-10(15-16-11(17)21(14,18)19)7-4-8(12)6-9(13)5-7/h4-6H,2-3H2,1H3,(H2,14,18,19). The molecule has 114 valence electrons. The zero-order chi connectivity index (χ0) is 15.6. The van der Waals surface area contributed by atoms with Crippen LogP contribution in [-0.4, -0.2) is 36.9 Å². The third-order valence-corrected chi connectivity index (χ3v) is 3.86. The van der Waals surface area contributed by atoms with E-state index in [1.807, 2.05) is 0 Å². The SMILES string of the molecule is COCCn1c(-c2cc(Cl)cc(Cl)c2)nnc1S(N)(=O)=O. The lowest BCUT2D eigenvalue weighted by atomic mass is 10.2. The van der Waals surface area contributed by atoms with E-state index in [1.165, 1.54) is 11.7 Å². The van der Waals surface area contributed by atoms with Gasteiger partial charge in [-0.2, -0.15) is 0 Å². The molecule has 2 N–H and O–H groups in total. The molecule has 1 aromatic carbocycles. The average Bonchev–Trinajstić information content (AvgIpc) is 2.78. The number of sulfonamides is 1. The van der Waals surface area contributed by atoms with Gasteiger partial charge in [-0.25, -0.2) is 13.6 Å². The topological polar surface area (TPSA) is 100 Å². The number of nitrogens with zero attached hydrogens (tertiary/aromatic N) is 3. The highest BCUT2D eigenvalue weighted by Gasteiger charge is 2.22. The minimum atomic E-state index is -4.00. The van der Waals surface area contributed by atoms with Crippen molar-refractivity contribution in [1.82, 2.24) is 14.8 Å². The molecule has 0 fully saturated rings. The largest absolute Gasteiger partial charge is 0.383 e. The Kier molecular flexibility index (Phi) is 4.84. The summed E-state index contributed by atoms with van der Waals surface area (Å²) in [5, 5.41) is 13.1. The van der Waals surface area contributed by atoms with Crippen LogP contribution >= 0.6 is 23.2 Å². The average molecular weight is 351 g/mol. The molecule has 1 heterocycles. The number of hydrogen-bond acceptors (Lipinski definition) is 5. The molecule has 10 heteroatoms. The lowest BCUT2D eigenvalue weighted by molar-refractivity contribution is 0.185. The number of methoxy groups -OCH3 is 1. The zero-order valence-corrected chi connectivity index (χ0v) is 13.3. The molecule has 0 aliphatic carbocycles. The molecule has 0 radical (unpaired) electrons. The second kappa shape index (κ2) is 6.29. The van der Waals surface area contributed by atoms with Crippen LogP contribution in [0.1, 0.15) is 0 Å². The van der Waals surface area contributed by atoms with Crippen LogP contribution in [0.5, 0.6) is 0 Å². The van der Waals surface area contributed by atoms with Gasteiger partial charge < -0.3 is 4.74 Å². The zero-order valence-electron chi connectivity index (χ0n) is 11.0. The summed E-state index contributed by atoms with van der Waals surface area (Å²) in [7, 11) is -2.51. The number of benzene rings is 1. The van der Waals surface area contributed by atoms with E-state index in [0.29, 0.717) is 21.4 Å². The Bertz CT molecular complexity index is 741. The number of nitrogens with two attached hydrogens (primary N) is 1. The quantitative estimate of drug-likeness (QED) is 0.881. The number of hydrogen-bond donors (Lipinski definition) is 1. The molecular formula is C11H12Cl2N4O3S. The van der Waals surface area contributed by atoms with E-state index in [1.54, 1.807) is 18.2 Å². The third kappa shape index (κ3) is 3.72. The fourth-order valence-electron chi connectivity index (χ4n) is 1.78. The van der Waals surface area contributed by atoms with Gasteiger partial charge in [0.15, 0.2) is 5.82 Å². The van der Waals surface area contributed by atoms with Crippen LogP contribution in [0.2, 0.25) is 10.0 Å². The van der Waals surface area contributed by atoms with Crippen molar-refractivity contribution in [2.45, 2.75) is 11.7 Å². The lowest BCUT2D eigenvalue weighted by Crippen LogP contribution is -2.20. The molecule has 0 unspecified atom stereocenters. The van der Waals surface area contributed by atoms with E-state index in [9.17, 15) is 8.42 Å². The highest BCUT2D eigenvalue weighted by atomic mass is 35.5. The van der Waals surface area contributed by atoms with Crippen molar-refractivity contribution < 1.29 is 13.2 Å². The highest BCUT2D eigenvalue weighted by molar-refractivity contribution is 7.89. The molecule has 0 amide bonds. The molecule has 0 saturated carbocycles. The van der Waals surface area contributed by atoms with Gasteiger partial charge in [-0.15, -0.1) is 10.2 Å². The predicted molar refractivity (Wildman–Crippen MR) is 78.7 cm³/mol. The first kappa shape index (κ1) is 16.2. The maximum absolute atomic E-state index is 11.6. The molecule has 0 spiro atoms. The molecular weight excluding hydrogens is 339 g/mol. The van der Waals surface area contributed by atoms with Gasteiger partial charge in [0, 0.05) is 22.7 Å². The van der Waals surface area contributed by atoms with Gasteiger partial charge in [0.1, 0.15) is 0 Å². The minimum absolute atomic E-state index is 0.217. The van der Waals surface area contributed by atoms with Crippen molar-refractivity contribution in [3.63, 3.8) is 0 Å². The van der Waals surface area contributed by atoms with Crippen LogP contribution < -0.4 is 5.14 Å². The second-order valence-electron chi connectivity index (χ2n) is 4.15. The molecule has 1 aromatic heterocycles. The van der Waals surface area contributed by atoms with E-state index in [2.05, 4.69) is 10.2 Å². The summed E-state index contributed by atoms with van der Waals surface area (Å²) in [6, 6.07) is 4.77. The first-order valence-corrected chi connectivity index (χ1v) is 8.04. The van der Waals surface area contributed by atoms with Crippen LogP contribution in [0.3, 0.4) is 0 Å². The first-order chi connectivity index (χ1) is 9.82. The van der Waals surface area contributed by atoms with Gasteiger partial charge in [-0.05, 0) is 18.2 Å². The van der Waals surface area contributed by atoms with Crippen LogP contribution in [0, 0.1) is 0 Å². The predicted octanol–water partition coefficient (Wildman–Crippen LogP) is 1.55. The van der Waals surface area contributed by atoms with Crippen molar-refractivity contribution in [1.29, 1.82) is 0 Å². The van der Waals surface area contributed by atoms with E-state index in [4.69, 9.17) is 33.1 Å². The van der Waals surface area contributed by atoms with Gasteiger partial charge in [0.25, 0.3) is 15.2 Å². The maximum atomic E-state index is 11.6. The Labute approximate surface area is 131 Å². The number of primary sulfonamides is 1. The Morgan fingerprint density at radius 2 is 1.86 bits per heavy atom. The summed E-state index contributed by atoms with van der Waals surface area (Å²) in [6.45, 7) is 0.483. The number of halogens is 2. The molecule has 2 rings (SSSR count). The van der Waals surface area contributed by atoms with E-state index >= 15 is 0 Å². The van der Waals surface area contributed by atoms with Crippen LogP contribution in [0.4, 0.5) is 0 Å². The van der Waals surface area contributed by atoms with Crippen molar-refractivity contribution in [3.05, 3.63) is 28.2 Å². The van der Waals surface area contributed by atoms with Gasteiger partial charge in [-0.3, -0.25) is 4.57 Å². The number of ether oxygens (including phenoxy) is 1. The summed E-state index contributed by atoms with van der Waals surface area (Å²) in [6.07, 6.45) is 0. The lowest BCUT2D eigenvalue weighted by Gasteiger charge is -2.09. The summed E-state index contributed by atoms with van der Waals surface area (Å²) in [5.41, 5.74) is 0.533. The molecule has 2 aromatic rings. The molecule has 0 bridgehead atoms. The molecule has 21 heavy (non-hydrogen) atoms. The summed E-state index contributed by atoms with van der Waals surface area (Å²) < 4.78 is 29.4. The maximum Gasteiger partial charge on any atom is 0.273 e. The molecule has 7 nitrogen and oxygen atoms in total. The summed E-state index contributed by atoms with van der Waals surface area (Å²) in [5.74, 6) is 0.292. The normalized spacial score (nSPS) is 11.8. The second-order valence-corrected chi connectivity index (χ2v) is 6.48. The highest BCUT2D eigenvalue weighted by Crippen LogP contribution is 2.27. The van der Waals surface area contributed by atoms with Crippen molar-refractivity contribution in [2.24, 2.45) is 5.14 Å². The van der Waals surface area contributed by atoms with Crippen LogP contribution in [-0.2, 0) is 21.3 Å². The summed E-state index contributed by atoms with van der Waals surface area (Å²) in [4.78, 5) is 0. The van der Waals surface area contributed by atoms with Crippen molar-refractivity contribution in [2.75, 3.05) is 13.7 Å². The molecule has 0 aliphatic rings. The Balaban J connectivity index is 2.60. The molecule has 0 aliphatic heterocycles. The van der Waals surface area contributed by atoms with Gasteiger partial charge >= 0.3 is 0 Å². The smallest absolute Gasteiger partial charge is 0.273 e. The monoisotopic (exact) mass is 350 g/mol. The van der Waals surface area contributed by atoms with Gasteiger partial charge in [0.2, 0.25) is 0 Å².